The Balaban J connectivity index is 2.13. The summed E-state index contributed by atoms with van der Waals surface area (Å²) >= 11 is 5.94. The molecule has 3 atom stereocenters. The fraction of sp³-hybridized carbons (Fsp3) is 0.500. The van der Waals surface area contributed by atoms with E-state index in [1.54, 1.807) is 4.90 Å². The molecule has 1 aliphatic heterocycles. The summed E-state index contributed by atoms with van der Waals surface area (Å²) in [6.45, 7) is 5.94. The lowest BCUT2D eigenvalue weighted by atomic mass is 10.2. The molecule has 1 fully saturated rings. The molecular weight excluding hydrogens is 384 g/mol. The molecule has 2 rings (SSSR count). The first-order chi connectivity index (χ1) is 12.0. The number of morpholine rings is 1. The van der Waals surface area contributed by atoms with Crippen LogP contribution < -0.4 is 5.14 Å². The molecule has 8 nitrogen and oxygen atoms in total. The minimum atomic E-state index is -4.01. The monoisotopic (exact) mass is 404 g/mol. The number of rotatable bonds is 4. The van der Waals surface area contributed by atoms with Gasteiger partial charge < -0.3 is 14.4 Å². The minimum Gasteiger partial charge on any atom is -0.449 e. The summed E-state index contributed by atoms with van der Waals surface area (Å²) in [4.78, 5) is 26.1. The van der Waals surface area contributed by atoms with Gasteiger partial charge in [-0.3, -0.25) is 4.79 Å². The van der Waals surface area contributed by atoms with Crippen LogP contribution >= 0.6 is 11.6 Å². The van der Waals surface area contributed by atoms with Crippen LogP contribution in [0.2, 0.25) is 5.02 Å². The summed E-state index contributed by atoms with van der Waals surface area (Å²) < 4.78 is 33.6. The van der Waals surface area contributed by atoms with Crippen molar-refractivity contribution in [2.45, 2.75) is 44.0 Å². The van der Waals surface area contributed by atoms with E-state index in [1.165, 1.54) is 19.1 Å². The molecule has 1 amide bonds. The van der Waals surface area contributed by atoms with Crippen molar-refractivity contribution < 1.29 is 27.5 Å². The Kier molecular flexibility index (Phi) is 6.28. The normalized spacial score (nSPS) is 22.0. The van der Waals surface area contributed by atoms with Crippen LogP contribution in [0.4, 0.5) is 0 Å². The Morgan fingerprint density at radius 3 is 2.42 bits per heavy atom. The van der Waals surface area contributed by atoms with Crippen molar-refractivity contribution in [2.75, 3.05) is 13.1 Å². The van der Waals surface area contributed by atoms with Gasteiger partial charge in [0.25, 0.3) is 5.91 Å². The van der Waals surface area contributed by atoms with Crippen molar-refractivity contribution >= 4 is 33.5 Å². The van der Waals surface area contributed by atoms with Crippen molar-refractivity contribution in [1.29, 1.82) is 0 Å². The maximum atomic E-state index is 12.5. The van der Waals surface area contributed by atoms with E-state index in [1.807, 2.05) is 13.8 Å². The highest BCUT2D eigenvalue weighted by Gasteiger charge is 2.31. The maximum absolute atomic E-state index is 12.5. The van der Waals surface area contributed by atoms with E-state index in [4.69, 9.17) is 26.2 Å². The van der Waals surface area contributed by atoms with E-state index >= 15 is 0 Å². The van der Waals surface area contributed by atoms with Crippen molar-refractivity contribution in [3.8, 4) is 0 Å². The number of carbonyl (C=O) groups is 2. The van der Waals surface area contributed by atoms with Crippen molar-refractivity contribution in [3.05, 3.63) is 28.8 Å². The molecule has 1 aromatic rings. The zero-order valence-corrected chi connectivity index (χ0v) is 16.2. The predicted octanol–water partition coefficient (Wildman–Crippen LogP) is 1.17. The SMILES string of the molecule is CC1CN(C(=O)C(C)OC(=O)c2cc(S(N)(=O)=O)ccc2Cl)CC(C)O1. The largest absolute Gasteiger partial charge is 0.449 e. The van der Waals surface area contributed by atoms with E-state index in [-0.39, 0.29) is 33.6 Å². The molecular formula is C16H21ClN2O6S. The summed E-state index contributed by atoms with van der Waals surface area (Å²) in [7, 11) is -4.01. The lowest BCUT2D eigenvalue weighted by Crippen LogP contribution is -2.51. The fourth-order valence-electron chi connectivity index (χ4n) is 2.73. The molecule has 0 saturated carbocycles. The molecule has 2 N–H and O–H groups in total. The quantitative estimate of drug-likeness (QED) is 0.753. The summed E-state index contributed by atoms with van der Waals surface area (Å²) in [6.07, 6.45) is -1.30. The molecule has 0 radical (unpaired) electrons. The Hall–Kier alpha value is -1.68. The number of amides is 1. The van der Waals surface area contributed by atoms with Crippen LogP contribution in [-0.4, -0.2) is 56.6 Å². The van der Waals surface area contributed by atoms with Gasteiger partial charge in [-0.2, -0.15) is 0 Å². The predicted molar refractivity (Wildman–Crippen MR) is 94.3 cm³/mol. The van der Waals surface area contributed by atoms with Gasteiger partial charge in [-0.25, -0.2) is 18.4 Å². The van der Waals surface area contributed by atoms with Gasteiger partial charge in [0.2, 0.25) is 10.0 Å². The average Bonchev–Trinajstić information content (AvgIpc) is 2.52. The van der Waals surface area contributed by atoms with E-state index in [2.05, 4.69) is 0 Å². The van der Waals surface area contributed by atoms with Gasteiger partial charge in [0.1, 0.15) is 0 Å². The van der Waals surface area contributed by atoms with Gasteiger partial charge in [-0.1, -0.05) is 11.6 Å². The number of hydrogen-bond donors (Lipinski definition) is 1. The maximum Gasteiger partial charge on any atom is 0.340 e. The highest BCUT2D eigenvalue weighted by atomic mass is 35.5. The molecule has 3 unspecified atom stereocenters. The van der Waals surface area contributed by atoms with Gasteiger partial charge in [-0.15, -0.1) is 0 Å². The Bertz CT molecular complexity index is 803. The van der Waals surface area contributed by atoms with E-state index in [0.29, 0.717) is 13.1 Å². The smallest absolute Gasteiger partial charge is 0.340 e. The number of esters is 1. The van der Waals surface area contributed by atoms with Crippen molar-refractivity contribution in [1.82, 2.24) is 4.90 Å². The van der Waals surface area contributed by atoms with Gasteiger partial charge in [0.05, 0.1) is 27.7 Å². The van der Waals surface area contributed by atoms with Crippen LogP contribution in [0.5, 0.6) is 0 Å². The van der Waals surface area contributed by atoms with Crippen molar-refractivity contribution in [3.63, 3.8) is 0 Å². The Labute approximate surface area is 157 Å². The second-order valence-corrected chi connectivity index (χ2v) is 8.20. The third-order valence-electron chi connectivity index (χ3n) is 3.85. The molecule has 1 aliphatic rings. The van der Waals surface area contributed by atoms with Crippen LogP contribution in [0.1, 0.15) is 31.1 Å². The summed E-state index contributed by atoms with van der Waals surface area (Å²) in [5.74, 6) is -1.27. The van der Waals surface area contributed by atoms with Gasteiger partial charge >= 0.3 is 5.97 Å². The summed E-state index contributed by atoms with van der Waals surface area (Å²) in [6, 6.07) is 3.44. The van der Waals surface area contributed by atoms with Crippen molar-refractivity contribution in [2.24, 2.45) is 5.14 Å². The Morgan fingerprint density at radius 2 is 1.88 bits per heavy atom. The number of nitrogens with two attached hydrogens (primary N) is 1. The van der Waals surface area contributed by atoms with Crippen LogP contribution in [0.3, 0.4) is 0 Å². The molecule has 1 aromatic carbocycles. The number of benzene rings is 1. The average molecular weight is 405 g/mol. The molecule has 1 saturated heterocycles. The van der Waals surface area contributed by atoms with Crippen LogP contribution in [-0.2, 0) is 24.3 Å². The highest BCUT2D eigenvalue weighted by molar-refractivity contribution is 7.89. The number of sulfonamides is 1. The number of hydrogen-bond acceptors (Lipinski definition) is 6. The molecule has 0 bridgehead atoms. The number of carbonyl (C=O) groups excluding carboxylic acids is 2. The highest BCUT2D eigenvalue weighted by Crippen LogP contribution is 2.22. The third kappa shape index (κ3) is 4.94. The zero-order chi connectivity index (χ0) is 19.6. The first-order valence-electron chi connectivity index (χ1n) is 7.96. The number of primary sulfonamides is 1. The summed E-state index contributed by atoms with van der Waals surface area (Å²) in [5.41, 5.74) is -0.179. The Morgan fingerprint density at radius 1 is 1.31 bits per heavy atom. The first-order valence-corrected chi connectivity index (χ1v) is 9.89. The molecule has 144 valence electrons. The molecule has 26 heavy (non-hydrogen) atoms. The lowest BCUT2D eigenvalue weighted by Gasteiger charge is -2.36. The third-order valence-corrected chi connectivity index (χ3v) is 5.09. The fourth-order valence-corrected chi connectivity index (χ4v) is 3.46. The van der Waals surface area contributed by atoms with Crippen LogP contribution in [0.25, 0.3) is 0 Å². The van der Waals surface area contributed by atoms with Crippen LogP contribution in [0.15, 0.2) is 23.1 Å². The molecule has 0 spiro atoms. The van der Waals surface area contributed by atoms with Crippen LogP contribution in [0, 0.1) is 0 Å². The molecule has 0 aromatic heterocycles. The van der Waals surface area contributed by atoms with E-state index < -0.39 is 22.1 Å². The second-order valence-electron chi connectivity index (χ2n) is 6.23. The number of ether oxygens (including phenoxy) is 2. The number of nitrogens with zero attached hydrogens (tertiary/aromatic N) is 1. The lowest BCUT2D eigenvalue weighted by molar-refractivity contribution is -0.151. The van der Waals surface area contributed by atoms with Gasteiger partial charge in [0, 0.05) is 13.1 Å². The van der Waals surface area contributed by atoms with Gasteiger partial charge in [0.15, 0.2) is 6.10 Å². The molecule has 1 heterocycles. The second kappa shape index (κ2) is 7.91. The number of halogens is 1. The first kappa shape index (κ1) is 20.6. The van der Waals surface area contributed by atoms with E-state index in [0.717, 1.165) is 6.07 Å². The molecule has 0 aliphatic carbocycles. The molecule has 10 heteroatoms. The topological polar surface area (TPSA) is 116 Å². The minimum absolute atomic E-state index is 0.00401. The standard InChI is InChI=1S/C16H21ClN2O6S/c1-9-7-19(8-10(2)24-9)15(20)11(3)25-16(21)13-6-12(26(18,22)23)4-5-14(13)17/h4-6,9-11H,7-8H2,1-3H3,(H2,18,22,23). The van der Waals surface area contributed by atoms with E-state index in [9.17, 15) is 18.0 Å². The van der Waals surface area contributed by atoms with Gasteiger partial charge in [-0.05, 0) is 39.0 Å². The summed E-state index contributed by atoms with van der Waals surface area (Å²) in [5, 5.41) is 5.05. The zero-order valence-electron chi connectivity index (χ0n) is 14.6.